The normalized spacial score (nSPS) is 14.3. The highest BCUT2D eigenvalue weighted by atomic mass is 16.4. The number of aliphatic hydroxyl groups excluding tert-OH is 1. The fourth-order valence-electron chi connectivity index (χ4n) is 2.02. The molecule has 114 valence electrons. The first kappa shape index (κ1) is 18.4. The van der Waals surface area contributed by atoms with E-state index in [1.165, 1.54) is 38.5 Å². The predicted molar refractivity (Wildman–Crippen MR) is 78.3 cm³/mol. The largest absolute Gasteiger partial charge is 0.480 e. The molecule has 1 unspecified atom stereocenters. The second kappa shape index (κ2) is 12.4. The van der Waals surface area contributed by atoms with Crippen LogP contribution in [-0.2, 0) is 4.79 Å². The second-order valence-corrected chi connectivity index (χ2v) is 5.39. The Kier molecular flexibility index (Phi) is 12.0. The van der Waals surface area contributed by atoms with E-state index >= 15 is 0 Å². The van der Waals surface area contributed by atoms with Gasteiger partial charge in [0.05, 0.1) is 6.10 Å². The molecule has 0 aromatic heterocycles. The van der Waals surface area contributed by atoms with Gasteiger partial charge in [0, 0.05) is 6.54 Å². The molecule has 0 aliphatic heterocycles. The number of carboxylic acids is 1. The lowest BCUT2D eigenvalue weighted by molar-refractivity contribution is -0.139. The van der Waals surface area contributed by atoms with Crippen molar-refractivity contribution in [3.8, 4) is 0 Å². The molecule has 0 saturated carbocycles. The Labute approximate surface area is 117 Å². The van der Waals surface area contributed by atoms with Gasteiger partial charge in [-0.15, -0.1) is 0 Å². The number of nitrogens with one attached hydrogen (secondary N) is 1. The van der Waals surface area contributed by atoms with E-state index in [9.17, 15) is 9.90 Å². The number of hydrogen-bond acceptors (Lipinski definition) is 3. The lowest BCUT2D eigenvalue weighted by atomic mass is 10.1. The van der Waals surface area contributed by atoms with E-state index in [0.29, 0.717) is 6.54 Å². The molecular weight excluding hydrogens is 242 g/mol. The van der Waals surface area contributed by atoms with Crippen LogP contribution in [0.25, 0.3) is 0 Å². The van der Waals surface area contributed by atoms with Crippen molar-refractivity contribution in [1.29, 1.82) is 0 Å². The molecule has 0 fully saturated rings. The van der Waals surface area contributed by atoms with Crippen LogP contribution in [0.3, 0.4) is 0 Å². The summed E-state index contributed by atoms with van der Waals surface area (Å²) in [7, 11) is 0. The first-order chi connectivity index (χ1) is 9.07. The van der Waals surface area contributed by atoms with Crippen molar-refractivity contribution >= 4 is 5.97 Å². The molecule has 0 aromatic rings. The van der Waals surface area contributed by atoms with E-state index < -0.39 is 18.1 Å². The molecule has 0 radical (unpaired) electrons. The fraction of sp³-hybridized carbons (Fsp3) is 0.933. The van der Waals surface area contributed by atoms with Crippen LogP contribution in [-0.4, -0.2) is 34.9 Å². The number of aliphatic hydroxyl groups is 1. The predicted octanol–water partition coefficient (Wildman–Crippen LogP) is 2.94. The van der Waals surface area contributed by atoms with Crippen LogP contribution in [0.1, 0.15) is 71.6 Å². The Balaban J connectivity index is 3.29. The summed E-state index contributed by atoms with van der Waals surface area (Å²) in [5, 5.41) is 21.2. The van der Waals surface area contributed by atoms with E-state index in [0.717, 1.165) is 19.3 Å². The molecule has 4 nitrogen and oxygen atoms in total. The molecule has 3 N–H and O–H groups in total. The summed E-state index contributed by atoms with van der Waals surface area (Å²) in [6.07, 6.45) is 10.4. The van der Waals surface area contributed by atoms with Crippen molar-refractivity contribution in [3.63, 3.8) is 0 Å². The van der Waals surface area contributed by atoms with Gasteiger partial charge in [-0.2, -0.15) is 0 Å². The summed E-state index contributed by atoms with van der Waals surface area (Å²) in [4.78, 5) is 10.6. The van der Waals surface area contributed by atoms with Gasteiger partial charge >= 0.3 is 5.97 Å². The van der Waals surface area contributed by atoms with Gasteiger partial charge in [0.25, 0.3) is 0 Å². The molecule has 0 heterocycles. The van der Waals surface area contributed by atoms with E-state index in [1.807, 2.05) is 0 Å². The van der Waals surface area contributed by atoms with E-state index in [2.05, 4.69) is 12.2 Å². The highest BCUT2D eigenvalue weighted by molar-refractivity contribution is 5.72. The molecule has 0 amide bonds. The van der Waals surface area contributed by atoms with Gasteiger partial charge < -0.3 is 15.5 Å². The van der Waals surface area contributed by atoms with Crippen molar-refractivity contribution in [1.82, 2.24) is 5.32 Å². The molecule has 0 saturated heterocycles. The summed E-state index contributed by atoms with van der Waals surface area (Å²) in [6, 6.07) is -0.590. The van der Waals surface area contributed by atoms with Crippen LogP contribution in [0.4, 0.5) is 0 Å². The maximum atomic E-state index is 10.6. The molecule has 0 spiro atoms. The third-order valence-electron chi connectivity index (χ3n) is 3.42. The van der Waals surface area contributed by atoms with Gasteiger partial charge in [-0.3, -0.25) is 4.79 Å². The van der Waals surface area contributed by atoms with Crippen molar-refractivity contribution < 1.29 is 15.0 Å². The van der Waals surface area contributed by atoms with Crippen LogP contribution >= 0.6 is 0 Å². The highest BCUT2D eigenvalue weighted by Gasteiger charge is 2.11. The van der Waals surface area contributed by atoms with Crippen LogP contribution in [0.5, 0.6) is 0 Å². The summed E-state index contributed by atoms with van der Waals surface area (Å²) in [5.74, 6) is -0.876. The average molecular weight is 273 g/mol. The van der Waals surface area contributed by atoms with Crippen molar-refractivity contribution in [2.75, 3.05) is 6.54 Å². The summed E-state index contributed by atoms with van der Waals surface area (Å²) >= 11 is 0. The number of hydrogen-bond donors (Lipinski definition) is 3. The standard InChI is InChI=1S/C15H31NO3/c1-3-4-5-6-7-8-9-10-11-14(17)12-16-13(2)15(18)19/h13-14,16-17H,3-12H2,1-2H3,(H,18,19)/t13-,14?/m0/s1. The van der Waals surface area contributed by atoms with Crippen molar-refractivity contribution in [2.24, 2.45) is 0 Å². The summed E-state index contributed by atoms with van der Waals surface area (Å²) in [5.41, 5.74) is 0. The van der Waals surface area contributed by atoms with Gasteiger partial charge in [-0.25, -0.2) is 0 Å². The number of rotatable bonds is 13. The van der Waals surface area contributed by atoms with E-state index in [-0.39, 0.29) is 0 Å². The molecule has 0 aliphatic rings. The minimum Gasteiger partial charge on any atom is -0.480 e. The quantitative estimate of drug-likeness (QED) is 0.451. The third kappa shape index (κ3) is 12.2. The Hall–Kier alpha value is -0.610. The Morgan fingerprint density at radius 3 is 2.11 bits per heavy atom. The van der Waals surface area contributed by atoms with Gasteiger partial charge in [0.2, 0.25) is 0 Å². The maximum absolute atomic E-state index is 10.6. The zero-order chi connectivity index (χ0) is 14.5. The SMILES string of the molecule is CCCCCCCCCCC(O)CN[C@@H](C)C(=O)O. The third-order valence-corrected chi connectivity index (χ3v) is 3.42. The second-order valence-electron chi connectivity index (χ2n) is 5.39. The maximum Gasteiger partial charge on any atom is 0.320 e. The monoisotopic (exact) mass is 273 g/mol. The smallest absolute Gasteiger partial charge is 0.320 e. The summed E-state index contributed by atoms with van der Waals surface area (Å²) < 4.78 is 0. The first-order valence-electron chi connectivity index (χ1n) is 7.72. The van der Waals surface area contributed by atoms with Crippen LogP contribution < -0.4 is 5.32 Å². The zero-order valence-corrected chi connectivity index (χ0v) is 12.5. The highest BCUT2D eigenvalue weighted by Crippen LogP contribution is 2.10. The van der Waals surface area contributed by atoms with Gasteiger partial charge in [-0.1, -0.05) is 58.3 Å². The molecule has 19 heavy (non-hydrogen) atoms. The topological polar surface area (TPSA) is 69.6 Å². The first-order valence-corrected chi connectivity index (χ1v) is 7.72. The van der Waals surface area contributed by atoms with E-state index in [4.69, 9.17) is 5.11 Å². The lowest BCUT2D eigenvalue weighted by Crippen LogP contribution is -2.38. The van der Waals surface area contributed by atoms with Crippen LogP contribution in [0.15, 0.2) is 0 Å². The minimum atomic E-state index is -0.876. The number of unbranched alkanes of at least 4 members (excludes halogenated alkanes) is 7. The number of aliphatic carboxylic acids is 1. The fourth-order valence-corrected chi connectivity index (χ4v) is 2.02. The Bertz CT molecular complexity index is 221. The zero-order valence-electron chi connectivity index (χ0n) is 12.5. The molecular formula is C15H31NO3. The molecule has 0 aromatic carbocycles. The van der Waals surface area contributed by atoms with Gasteiger partial charge in [0.15, 0.2) is 0 Å². The lowest BCUT2D eigenvalue weighted by Gasteiger charge is -2.14. The molecule has 0 rings (SSSR count). The molecule has 2 atom stereocenters. The number of carboxylic acid groups (broad SMARTS) is 1. The van der Waals surface area contributed by atoms with Crippen LogP contribution in [0, 0.1) is 0 Å². The molecule has 4 heteroatoms. The van der Waals surface area contributed by atoms with Crippen LogP contribution in [0.2, 0.25) is 0 Å². The summed E-state index contributed by atoms with van der Waals surface area (Å²) in [6.45, 7) is 4.18. The van der Waals surface area contributed by atoms with Crippen molar-refractivity contribution in [3.05, 3.63) is 0 Å². The van der Waals surface area contributed by atoms with E-state index in [1.54, 1.807) is 6.92 Å². The average Bonchev–Trinajstić information content (AvgIpc) is 2.38. The van der Waals surface area contributed by atoms with Gasteiger partial charge in [0.1, 0.15) is 6.04 Å². The Morgan fingerprint density at radius 1 is 1.05 bits per heavy atom. The Morgan fingerprint density at radius 2 is 1.58 bits per heavy atom. The molecule has 0 bridgehead atoms. The minimum absolute atomic E-state index is 0.365. The van der Waals surface area contributed by atoms with Gasteiger partial charge in [-0.05, 0) is 13.3 Å². The molecule has 0 aliphatic carbocycles. The number of carbonyl (C=O) groups is 1. The van der Waals surface area contributed by atoms with Crippen molar-refractivity contribution in [2.45, 2.75) is 83.8 Å².